The van der Waals surface area contributed by atoms with Gasteiger partial charge in [-0.15, -0.1) is 0 Å². The number of anilines is 1. The molecule has 102 valence electrons. The monoisotopic (exact) mass is 301 g/mol. The topological polar surface area (TPSA) is 115 Å². The van der Waals surface area contributed by atoms with Crippen molar-refractivity contribution < 1.29 is 21.4 Å². The molecule has 0 aromatic heterocycles. The molecule has 0 heterocycles. The lowest BCUT2D eigenvalue weighted by Gasteiger charge is -2.08. The molecule has 3 N–H and O–H groups in total. The van der Waals surface area contributed by atoms with E-state index in [-0.39, 0.29) is 10.3 Å². The maximum absolute atomic E-state index is 11.5. The Balaban J connectivity index is 3.01. The summed E-state index contributed by atoms with van der Waals surface area (Å²) in [5, 5.41) is 0.541. The van der Waals surface area contributed by atoms with Crippen LogP contribution in [0.1, 0.15) is 0 Å². The lowest BCUT2D eigenvalue weighted by Crippen LogP contribution is -2.04. The Hall–Kier alpha value is -1.64. The summed E-state index contributed by atoms with van der Waals surface area (Å²) in [6.45, 7) is 0. The van der Waals surface area contributed by atoms with Gasteiger partial charge in [-0.3, -0.25) is 4.55 Å². The maximum Gasteiger partial charge on any atom is 0.295 e. The second-order valence-electron chi connectivity index (χ2n) is 4.15. The average Bonchev–Trinajstić information content (AvgIpc) is 2.24. The predicted octanol–water partition coefficient (Wildman–Crippen LogP) is 1.07. The molecule has 2 rings (SSSR count). The number of nitrogens with two attached hydrogens (primary N) is 1. The fourth-order valence-corrected chi connectivity index (χ4v) is 3.22. The van der Waals surface area contributed by atoms with Crippen LogP contribution in [0.5, 0.6) is 0 Å². The zero-order chi connectivity index (χ0) is 14.4. The molecule has 0 saturated carbocycles. The first-order valence-corrected chi connectivity index (χ1v) is 8.43. The highest BCUT2D eigenvalue weighted by atomic mass is 32.2. The lowest BCUT2D eigenvalue weighted by atomic mass is 10.1. The van der Waals surface area contributed by atoms with Crippen LogP contribution in [0.25, 0.3) is 10.8 Å². The first kappa shape index (κ1) is 13.8. The van der Waals surface area contributed by atoms with Crippen molar-refractivity contribution in [1.82, 2.24) is 0 Å². The van der Waals surface area contributed by atoms with Gasteiger partial charge in [0.15, 0.2) is 9.84 Å². The van der Waals surface area contributed by atoms with E-state index in [1.807, 2.05) is 0 Å². The Labute approximate surface area is 110 Å². The standard InChI is InChI=1S/C11H11NO5S2/c1-18(13,14)9-4-7-2-3-8(12)5-10(7)11(6-9)19(15,16)17/h2-6H,12H2,1H3,(H,15,16,17). The van der Waals surface area contributed by atoms with Crippen molar-refractivity contribution in [3.63, 3.8) is 0 Å². The van der Waals surface area contributed by atoms with Gasteiger partial charge < -0.3 is 5.73 Å². The Morgan fingerprint density at radius 3 is 2.21 bits per heavy atom. The number of hydrogen-bond donors (Lipinski definition) is 2. The van der Waals surface area contributed by atoms with Crippen LogP contribution in [-0.2, 0) is 20.0 Å². The molecule has 0 aliphatic rings. The van der Waals surface area contributed by atoms with Gasteiger partial charge in [-0.25, -0.2) is 8.42 Å². The summed E-state index contributed by atoms with van der Waals surface area (Å²) in [6.07, 6.45) is 0.958. The van der Waals surface area contributed by atoms with Crippen molar-refractivity contribution in [2.45, 2.75) is 9.79 Å². The summed E-state index contributed by atoms with van der Waals surface area (Å²) >= 11 is 0. The smallest absolute Gasteiger partial charge is 0.295 e. The Bertz CT molecular complexity index is 869. The lowest BCUT2D eigenvalue weighted by molar-refractivity contribution is 0.484. The van der Waals surface area contributed by atoms with Gasteiger partial charge >= 0.3 is 0 Å². The molecular formula is C11H11NO5S2. The van der Waals surface area contributed by atoms with Crippen LogP contribution in [0, 0.1) is 0 Å². The molecule has 0 unspecified atom stereocenters. The SMILES string of the molecule is CS(=O)(=O)c1cc(S(=O)(=O)O)c2cc(N)ccc2c1. The first-order valence-electron chi connectivity index (χ1n) is 5.10. The molecule has 0 saturated heterocycles. The molecule has 19 heavy (non-hydrogen) atoms. The number of rotatable bonds is 2. The minimum absolute atomic E-state index is 0.176. The summed E-state index contributed by atoms with van der Waals surface area (Å²) in [6, 6.07) is 6.63. The molecule has 2 aromatic rings. The summed E-state index contributed by atoms with van der Waals surface area (Å²) in [4.78, 5) is -0.657. The molecule has 0 amide bonds. The number of sulfone groups is 1. The van der Waals surface area contributed by atoms with E-state index in [4.69, 9.17) is 5.73 Å². The summed E-state index contributed by atoms with van der Waals surface area (Å²) in [5.41, 5.74) is 5.87. The number of benzene rings is 2. The summed E-state index contributed by atoms with van der Waals surface area (Å²) in [7, 11) is -8.14. The number of hydrogen-bond acceptors (Lipinski definition) is 5. The van der Waals surface area contributed by atoms with Crippen LogP contribution in [0.2, 0.25) is 0 Å². The molecule has 2 aromatic carbocycles. The van der Waals surface area contributed by atoms with Crippen LogP contribution in [-0.4, -0.2) is 27.6 Å². The fraction of sp³-hybridized carbons (Fsp3) is 0.0909. The van der Waals surface area contributed by atoms with Gasteiger partial charge in [-0.2, -0.15) is 8.42 Å². The van der Waals surface area contributed by atoms with Gasteiger partial charge in [-0.1, -0.05) is 6.07 Å². The van der Waals surface area contributed by atoms with Crippen molar-refractivity contribution in [1.29, 1.82) is 0 Å². The zero-order valence-electron chi connectivity index (χ0n) is 9.86. The van der Waals surface area contributed by atoms with Crippen LogP contribution in [0.4, 0.5) is 5.69 Å². The van der Waals surface area contributed by atoms with Crippen LogP contribution in [0.3, 0.4) is 0 Å². The third kappa shape index (κ3) is 2.70. The third-order valence-electron chi connectivity index (χ3n) is 2.62. The van der Waals surface area contributed by atoms with Gasteiger partial charge in [-0.05, 0) is 29.7 Å². The van der Waals surface area contributed by atoms with Crippen molar-refractivity contribution in [3.05, 3.63) is 30.3 Å². The van der Waals surface area contributed by atoms with E-state index >= 15 is 0 Å². The molecule has 0 atom stereocenters. The van der Waals surface area contributed by atoms with Gasteiger partial charge in [0.2, 0.25) is 0 Å². The molecule has 0 fully saturated rings. The van der Waals surface area contributed by atoms with Crippen molar-refractivity contribution in [2.24, 2.45) is 0 Å². The van der Waals surface area contributed by atoms with Crippen molar-refractivity contribution >= 4 is 36.4 Å². The van der Waals surface area contributed by atoms with Gasteiger partial charge in [0.05, 0.1) is 4.90 Å². The van der Waals surface area contributed by atoms with E-state index in [1.165, 1.54) is 24.3 Å². The van der Waals surface area contributed by atoms with Gasteiger partial charge in [0.1, 0.15) is 4.90 Å². The molecular weight excluding hydrogens is 290 g/mol. The minimum Gasteiger partial charge on any atom is -0.399 e. The average molecular weight is 301 g/mol. The fourth-order valence-electron chi connectivity index (χ4n) is 1.74. The van der Waals surface area contributed by atoms with Gasteiger partial charge in [0.25, 0.3) is 10.1 Å². The Morgan fingerprint density at radius 1 is 1.05 bits per heavy atom. The molecule has 0 aliphatic carbocycles. The number of nitrogen functional groups attached to an aromatic ring is 1. The third-order valence-corrected chi connectivity index (χ3v) is 4.61. The van der Waals surface area contributed by atoms with Crippen LogP contribution in [0.15, 0.2) is 40.1 Å². The van der Waals surface area contributed by atoms with E-state index in [1.54, 1.807) is 0 Å². The predicted molar refractivity (Wildman–Crippen MR) is 71.3 cm³/mol. The van der Waals surface area contributed by atoms with Crippen molar-refractivity contribution in [2.75, 3.05) is 12.0 Å². The molecule has 6 nitrogen and oxygen atoms in total. The van der Waals surface area contributed by atoms with Crippen LogP contribution < -0.4 is 5.73 Å². The summed E-state index contributed by atoms with van der Waals surface area (Å²) in [5.74, 6) is 0. The molecule has 0 bridgehead atoms. The van der Waals surface area contributed by atoms with E-state index in [2.05, 4.69) is 0 Å². The first-order chi connectivity index (χ1) is 8.59. The summed E-state index contributed by atoms with van der Waals surface area (Å²) < 4.78 is 55.0. The highest BCUT2D eigenvalue weighted by molar-refractivity contribution is 7.90. The molecule has 0 spiro atoms. The molecule has 0 radical (unpaired) electrons. The van der Waals surface area contributed by atoms with Crippen LogP contribution >= 0.6 is 0 Å². The van der Waals surface area contributed by atoms with E-state index in [0.717, 1.165) is 12.3 Å². The van der Waals surface area contributed by atoms with Gasteiger partial charge in [0, 0.05) is 17.3 Å². The van der Waals surface area contributed by atoms with E-state index < -0.39 is 24.9 Å². The highest BCUT2D eigenvalue weighted by Crippen LogP contribution is 2.28. The Kier molecular flexibility index (Phi) is 3.04. The maximum atomic E-state index is 11.5. The quantitative estimate of drug-likeness (QED) is 0.633. The number of fused-ring (bicyclic) bond motifs is 1. The van der Waals surface area contributed by atoms with E-state index in [0.29, 0.717) is 11.1 Å². The molecule has 0 aliphatic heterocycles. The second kappa shape index (κ2) is 4.19. The van der Waals surface area contributed by atoms with Crippen molar-refractivity contribution in [3.8, 4) is 0 Å². The molecule has 8 heteroatoms. The largest absolute Gasteiger partial charge is 0.399 e. The minimum atomic E-state index is -4.55. The zero-order valence-corrected chi connectivity index (χ0v) is 11.5. The second-order valence-corrected chi connectivity index (χ2v) is 7.55. The Morgan fingerprint density at radius 2 is 1.68 bits per heavy atom. The normalized spacial score (nSPS) is 12.7. The highest BCUT2D eigenvalue weighted by Gasteiger charge is 2.19. The van der Waals surface area contributed by atoms with E-state index in [9.17, 15) is 21.4 Å².